The Morgan fingerprint density at radius 1 is 1.05 bits per heavy atom. The van der Waals surface area contributed by atoms with Gasteiger partial charge < -0.3 is 19.3 Å². The third-order valence-corrected chi connectivity index (χ3v) is 8.84. The molecule has 0 aliphatic carbocycles. The molecule has 8 nitrogen and oxygen atoms in total. The summed E-state index contributed by atoms with van der Waals surface area (Å²) in [4.78, 5) is 11.9. The van der Waals surface area contributed by atoms with Gasteiger partial charge in [0.2, 0.25) is 10.0 Å². The van der Waals surface area contributed by atoms with Crippen molar-refractivity contribution in [2.75, 3.05) is 18.9 Å². The number of thioether (sulfide) groups is 1. The molecule has 1 aliphatic rings. The van der Waals surface area contributed by atoms with Gasteiger partial charge in [0.25, 0.3) is 0 Å². The molecule has 0 amide bonds. The lowest BCUT2D eigenvalue weighted by atomic mass is 10.1. The third-order valence-electron chi connectivity index (χ3n) is 5.96. The van der Waals surface area contributed by atoms with Gasteiger partial charge in [-0.25, -0.2) is 13.2 Å². The van der Waals surface area contributed by atoms with Gasteiger partial charge in [-0.15, -0.1) is 11.8 Å². The summed E-state index contributed by atoms with van der Waals surface area (Å²) >= 11 is 1.56. The van der Waals surface area contributed by atoms with E-state index in [1.165, 1.54) is 0 Å². The van der Waals surface area contributed by atoms with Crippen LogP contribution < -0.4 is 9.47 Å². The van der Waals surface area contributed by atoms with Crippen LogP contribution in [0.4, 0.5) is 4.79 Å². The molecule has 1 aliphatic heterocycles. The monoisotopic (exact) mass is 557 g/mol. The average Bonchev–Trinajstić information content (AvgIpc) is 3.37. The molecule has 0 unspecified atom stereocenters. The van der Waals surface area contributed by atoms with Crippen LogP contribution in [0.1, 0.15) is 31.7 Å². The van der Waals surface area contributed by atoms with Crippen LogP contribution in [0.2, 0.25) is 0 Å². The normalized spacial score (nSPS) is 15.8. The first-order valence-corrected chi connectivity index (χ1v) is 14.9. The molecule has 3 aromatic carbocycles. The van der Waals surface area contributed by atoms with Crippen molar-refractivity contribution in [3.05, 3.63) is 78.4 Å². The van der Waals surface area contributed by atoms with E-state index in [-0.39, 0.29) is 11.4 Å². The Morgan fingerprint density at radius 3 is 2.53 bits per heavy atom. The molecule has 1 heterocycles. The van der Waals surface area contributed by atoms with Crippen molar-refractivity contribution in [2.45, 2.75) is 48.6 Å². The topological polar surface area (TPSA) is 102 Å². The minimum atomic E-state index is -3.84. The SMILES string of the molecule is CCCc1cc(Oc2ccccc2)ccc1OCCSc1ccc(S(=O)(=O)N2CCC[C@H]2OC(=O)O)cc1. The van der Waals surface area contributed by atoms with Crippen molar-refractivity contribution in [1.82, 2.24) is 4.31 Å². The minimum Gasteiger partial charge on any atom is -0.492 e. The van der Waals surface area contributed by atoms with Crippen LogP contribution in [0.15, 0.2) is 82.6 Å². The van der Waals surface area contributed by atoms with Crippen molar-refractivity contribution >= 4 is 27.9 Å². The zero-order chi connectivity index (χ0) is 27.0. The summed E-state index contributed by atoms with van der Waals surface area (Å²) in [7, 11) is -3.84. The summed E-state index contributed by atoms with van der Waals surface area (Å²) in [5.41, 5.74) is 1.09. The molecule has 0 saturated carbocycles. The predicted molar refractivity (Wildman–Crippen MR) is 146 cm³/mol. The number of hydrogen-bond donors (Lipinski definition) is 1. The van der Waals surface area contributed by atoms with Gasteiger partial charge >= 0.3 is 6.16 Å². The number of ether oxygens (including phenoxy) is 3. The smallest absolute Gasteiger partial charge is 0.492 e. The highest BCUT2D eigenvalue weighted by Gasteiger charge is 2.37. The molecule has 1 N–H and O–H groups in total. The van der Waals surface area contributed by atoms with E-state index in [0.717, 1.165) is 44.9 Å². The first-order chi connectivity index (χ1) is 18.4. The lowest BCUT2D eigenvalue weighted by Crippen LogP contribution is -2.38. The fourth-order valence-corrected chi connectivity index (χ4v) is 6.53. The maximum absolute atomic E-state index is 13.0. The minimum absolute atomic E-state index is 0.112. The molecule has 3 aromatic rings. The van der Waals surface area contributed by atoms with Crippen LogP contribution in [-0.4, -0.2) is 49.1 Å². The molecule has 1 saturated heterocycles. The summed E-state index contributed by atoms with van der Waals surface area (Å²) < 4.78 is 43.9. The molecule has 10 heteroatoms. The van der Waals surface area contributed by atoms with E-state index in [9.17, 15) is 13.2 Å². The Hall–Kier alpha value is -3.21. The number of carboxylic acid groups (broad SMARTS) is 1. The highest BCUT2D eigenvalue weighted by molar-refractivity contribution is 7.99. The van der Waals surface area contributed by atoms with E-state index in [1.807, 2.05) is 48.5 Å². The fourth-order valence-electron chi connectivity index (χ4n) is 4.22. The number of hydrogen-bond acceptors (Lipinski definition) is 7. The molecule has 0 spiro atoms. The van der Waals surface area contributed by atoms with Gasteiger partial charge in [0.15, 0.2) is 6.23 Å². The van der Waals surface area contributed by atoms with Crippen LogP contribution >= 0.6 is 11.8 Å². The lowest BCUT2D eigenvalue weighted by molar-refractivity contribution is 0.0170. The van der Waals surface area contributed by atoms with Crippen LogP contribution in [0.5, 0.6) is 17.2 Å². The van der Waals surface area contributed by atoms with Gasteiger partial charge in [0.05, 0.1) is 11.5 Å². The zero-order valence-corrected chi connectivity index (χ0v) is 22.7. The third kappa shape index (κ3) is 7.21. The number of rotatable bonds is 12. The molecule has 0 radical (unpaired) electrons. The molecule has 0 bridgehead atoms. The van der Waals surface area contributed by atoms with Crippen molar-refractivity contribution in [3.8, 4) is 17.2 Å². The van der Waals surface area contributed by atoms with Crippen LogP contribution in [0.3, 0.4) is 0 Å². The summed E-state index contributed by atoms with van der Waals surface area (Å²) in [5.74, 6) is 3.07. The largest absolute Gasteiger partial charge is 0.507 e. The van der Waals surface area contributed by atoms with E-state index >= 15 is 0 Å². The van der Waals surface area contributed by atoms with E-state index in [2.05, 4.69) is 6.92 Å². The predicted octanol–water partition coefficient (Wildman–Crippen LogP) is 6.41. The van der Waals surface area contributed by atoms with E-state index in [4.69, 9.17) is 19.3 Å². The average molecular weight is 558 g/mol. The van der Waals surface area contributed by atoms with E-state index < -0.39 is 22.4 Å². The molecule has 38 heavy (non-hydrogen) atoms. The van der Waals surface area contributed by atoms with Gasteiger partial charge in [0.1, 0.15) is 17.2 Å². The number of sulfonamides is 1. The van der Waals surface area contributed by atoms with E-state index in [0.29, 0.717) is 25.2 Å². The van der Waals surface area contributed by atoms with Crippen LogP contribution in [0.25, 0.3) is 0 Å². The quantitative estimate of drug-likeness (QED) is 0.155. The van der Waals surface area contributed by atoms with Gasteiger partial charge in [-0.2, -0.15) is 4.31 Å². The molecule has 1 atom stereocenters. The Bertz CT molecular complexity index is 1310. The van der Waals surface area contributed by atoms with Crippen LogP contribution in [-0.2, 0) is 21.2 Å². The van der Waals surface area contributed by atoms with Gasteiger partial charge in [0, 0.05) is 23.6 Å². The Kier molecular flexibility index (Phi) is 9.54. The van der Waals surface area contributed by atoms with Crippen molar-refractivity contribution in [3.63, 3.8) is 0 Å². The zero-order valence-electron chi connectivity index (χ0n) is 21.1. The number of benzene rings is 3. The van der Waals surface area contributed by atoms with Gasteiger partial charge in [-0.05, 0) is 73.0 Å². The molecule has 4 rings (SSSR count). The first-order valence-electron chi connectivity index (χ1n) is 12.5. The highest BCUT2D eigenvalue weighted by atomic mass is 32.2. The second kappa shape index (κ2) is 13.0. The van der Waals surface area contributed by atoms with Crippen molar-refractivity contribution in [1.29, 1.82) is 0 Å². The number of para-hydroxylation sites is 1. The standard InChI is InChI=1S/C28H31NO7S2/c1-2-7-21-20-23(35-22-8-4-3-5-9-22)11-16-26(21)34-18-19-37-24-12-14-25(15-13-24)38(32,33)29-17-6-10-27(29)36-28(30)31/h3-5,8-9,11-16,20,27H,2,6-7,10,17-19H2,1H3,(H,30,31)/t27-/m1/s1. The maximum atomic E-state index is 13.0. The summed E-state index contributed by atoms with van der Waals surface area (Å²) in [6.07, 6.45) is 0.288. The molecule has 0 aromatic heterocycles. The fraction of sp³-hybridized carbons (Fsp3) is 0.321. The first kappa shape index (κ1) is 27.8. The van der Waals surface area contributed by atoms with Gasteiger partial charge in [-0.1, -0.05) is 31.5 Å². The summed E-state index contributed by atoms with van der Waals surface area (Å²) in [6, 6.07) is 22.1. The van der Waals surface area contributed by atoms with Crippen molar-refractivity contribution in [2.24, 2.45) is 0 Å². The number of aryl methyl sites for hydroxylation is 1. The maximum Gasteiger partial charge on any atom is 0.507 e. The number of nitrogens with zero attached hydrogens (tertiary/aromatic N) is 1. The van der Waals surface area contributed by atoms with Gasteiger partial charge in [-0.3, -0.25) is 0 Å². The highest BCUT2D eigenvalue weighted by Crippen LogP contribution is 2.30. The lowest BCUT2D eigenvalue weighted by Gasteiger charge is -2.22. The number of carbonyl (C=O) groups is 1. The second-order valence-corrected chi connectivity index (χ2v) is 11.8. The Balaban J connectivity index is 1.31. The summed E-state index contributed by atoms with van der Waals surface area (Å²) in [5, 5.41) is 8.89. The molecule has 1 fully saturated rings. The summed E-state index contributed by atoms with van der Waals surface area (Å²) in [6.45, 7) is 2.84. The molecule has 202 valence electrons. The second-order valence-electron chi connectivity index (χ2n) is 8.70. The Labute approximate surface area is 227 Å². The van der Waals surface area contributed by atoms with Crippen LogP contribution in [0, 0.1) is 0 Å². The molecular weight excluding hydrogens is 526 g/mol. The van der Waals surface area contributed by atoms with Crippen molar-refractivity contribution < 1.29 is 32.5 Å². The molecular formula is C28H31NO7S2. The van der Waals surface area contributed by atoms with E-state index in [1.54, 1.807) is 36.0 Å². The Morgan fingerprint density at radius 2 is 1.82 bits per heavy atom.